The number of nitrogens with one attached hydrogen (secondary N) is 1. The average Bonchev–Trinajstić information content (AvgIpc) is 2.50. The smallest absolute Gasteiger partial charge is 0.265 e. The Bertz CT molecular complexity index is 679. The molecule has 0 saturated heterocycles. The molecule has 1 atom stereocenters. The third-order valence-corrected chi connectivity index (χ3v) is 3.86. The highest BCUT2D eigenvalue weighted by Gasteiger charge is 2.26. The molecule has 1 aliphatic heterocycles. The van der Waals surface area contributed by atoms with Crippen LogP contribution in [-0.2, 0) is 11.2 Å². The fraction of sp³-hybridized carbons (Fsp3) is 0.278. The van der Waals surface area contributed by atoms with Crippen molar-refractivity contribution in [1.29, 1.82) is 0 Å². The van der Waals surface area contributed by atoms with Crippen LogP contribution in [0.4, 0.5) is 5.69 Å². The third kappa shape index (κ3) is 2.92. The van der Waals surface area contributed by atoms with Crippen LogP contribution < -0.4 is 10.1 Å². The summed E-state index contributed by atoms with van der Waals surface area (Å²) in [4.78, 5) is 12.4. The normalized spacial score (nSPS) is 16.8. The van der Waals surface area contributed by atoms with Gasteiger partial charge >= 0.3 is 0 Å². The van der Waals surface area contributed by atoms with Crippen molar-refractivity contribution in [2.45, 2.75) is 32.8 Å². The third-order valence-electron chi connectivity index (χ3n) is 3.86. The standard InChI is InChI=1S/C18H19NO2/c1-12-7-8-13(2)15(11-12)19-18(20)17-10-9-14-5-3-4-6-16(14)21-17/h3-8,11,17H,9-10H2,1-2H3,(H,19,20). The Kier molecular flexibility index (Phi) is 3.65. The zero-order chi connectivity index (χ0) is 14.8. The number of ether oxygens (including phenoxy) is 1. The topological polar surface area (TPSA) is 38.3 Å². The lowest BCUT2D eigenvalue weighted by molar-refractivity contribution is -0.123. The maximum atomic E-state index is 12.4. The second-order valence-corrected chi connectivity index (χ2v) is 5.56. The highest BCUT2D eigenvalue weighted by molar-refractivity contribution is 5.95. The Balaban J connectivity index is 1.74. The monoisotopic (exact) mass is 281 g/mol. The van der Waals surface area contributed by atoms with Crippen LogP contribution in [0, 0.1) is 13.8 Å². The van der Waals surface area contributed by atoms with Crippen LogP contribution >= 0.6 is 0 Å². The zero-order valence-corrected chi connectivity index (χ0v) is 12.3. The summed E-state index contributed by atoms with van der Waals surface area (Å²) in [5.41, 5.74) is 4.23. The first-order valence-corrected chi connectivity index (χ1v) is 7.26. The number of rotatable bonds is 2. The molecule has 21 heavy (non-hydrogen) atoms. The van der Waals surface area contributed by atoms with Gasteiger partial charge in [0, 0.05) is 5.69 Å². The molecule has 2 aromatic rings. The summed E-state index contributed by atoms with van der Waals surface area (Å²) < 4.78 is 5.82. The first-order valence-electron chi connectivity index (χ1n) is 7.26. The quantitative estimate of drug-likeness (QED) is 0.912. The molecular formula is C18H19NO2. The molecule has 1 amide bonds. The van der Waals surface area contributed by atoms with Crippen LogP contribution in [0.25, 0.3) is 0 Å². The second-order valence-electron chi connectivity index (χ2n) is 5.56. The van der Waals surface area contributed by atoms with Crippen LogP contribution in [-0.4, -0.2) is 12.0 Å². The van der Waals surface area contributed by atoms with E-state index < -0.39 is 6.10 Å². The van der Waals surface area contributed by atoms with Gasteiger partial charge in [-0.05, 0) is 55.5 Å². The number of fused-ring (bicyclic) bond motifs is 1. The van der Waals surface area contributed by atoms with Gasteiger partial charge in [-0.15, -0.1) is 0 Å². The van der Waals surface area contributed by atoms with Gasteiger partial charge in [-0.3, -0.25) is 4.79 Å². The van der Waals surface area contributed by atoms with Gasteiger partial charge < -0.3 is 10.1 Å². The molecule has 1 aliphatic rings. The number of hydrogen-bond acceptors (Lipinski definition) is 2. The van der Waals surface area contributed by atoms with Crippen molar-refractivity contribution in [3.8, 4) is 5.75 Å². The molecule has 1 unspecified atom stereocenters. The van der Waals surface area contributed by atoms with Gasteiger partial charge in [0.2, 0.25) is 0 Å². The molecule has 2 aromatic carbocycles. The van der Waals surface area contributed by atoms with Gasteiger partial charge in [-0.1, -0.05) is 30.3 Å². The predicted octanol–water partition coefficient (Wildman–Crippen LogP) is 3.64. The van der Waals surface area contributed by atoms with E-state index >= 15 is 0 Å². The van der Waals surface area contributed by atoms with E-state index in [1.807, 2.05) is 56.3 Å². The summed E-state index contributed by atoms with van der Waals surface area (Å²) in [6.07, 6.45) is 1.18. The van der Waals surface area contributed by atoms with E-state index in [-0.39, 0.29) is 5.91 Å². The maximum Gasteiger partial charge on any atom is 0.265 e. The minimum atomic E-state index is -0.417. The Morgan fingerprint density at radius 1 is 1.19 bits per heavy atom. The van der Waals surface area contributed by atoms with Crippen molar-refractivity contribution < 1.29 is 9.53 Å². The molecule has 0 saturated carbocycles. The Morgan fingerprint density at radius 3 is 2.86 bits per heavy atom. The number of aryl methyl sites for hydroxylation is 3. The van der Waals surface area contributed by atoms with E-state index in [2.05, 4.69) is 5.32 Å². The summed E-state index contributed by atoms with van der Waals surface area (Å²) in [6, 6.07) is 14.0. The van der Waals surface area contributed by atoms with E-state index in [9.17, 15) is 4.79 Å². The molecule has 0 radical (unpaired) electrons. The number of carbonyl (C=O) groups is 1. The van der Waals surface area contributed by atoms with Crippen LogP contribution in [0.5, 0.6) is 5.75 Å². The molecule has 1 N–H and O–H groups in total. The van der Waals surface area contributed by atoms with E-state index in [4.69, 9.17) is 4.74 Å². The molecule has 3 heteroatoms. The number of hydrogen-bond donors (Lipinski definition) is 1. The fourth-order valence-electron chi connectivity index (χ4n) is 2.59. The van der Waals surface area contributed by atoms with Crippen molar-refractivity contribution in [3.63, 3.8) is 0 Å². The van der Waals surface area contributed by atoms with Gasteiger partial charge in [-0.2, -0.15) is 0 Å². The summed E-state index contributed by atoms with van der Waals surface area (Å²) in [5.74, 6) is 0.753. The Labute approximate surface area is 124 Å². The minimum absolute atomic E-state index is 0.0711. The summed E-state index contributed by atoms with van der Waals surface area (Å²) in [7, 11) is 0. The number of amides is 1. The summed E-state index contributed by atoms with van der Waals surface area (Å²) in [6.45, 7) is 4.01. The van der Waals surface area contributed by atoms with Gasteiger partial charge in [0.15, 0.2) is 6.10 Å². The van der Waals surface area contributed by atoms with Crippen molar-refractivity contribution in [2.24, 2.45) is 0 Å². The van der Waals surface area contributed by atoms with E-state index in [0.717, 1.165) is 29.0 Å². The molecule has 0 aromatic heterocycles. The Morgan fingerprint density at radius 2 is 2.00 bits per heavy atom. The summed E-state index contributed by atoms with van der Waals surface area (Å²) >= 11 is 0. The van der Waals surface area contributed by atoms with Gasteiger partial charge in [0.1, 0.15) is 5.75 Å². The highest BCUT2D eigenvalue weighted by Crippen LogP contribution is 2.28. The van der Waals surface area contributed by atoms with E-state index in [0.29, 0.717) is 6.42 Å². The molecule has 108 valence electrons. The Hall–Kier alpha value is -2.29. The zero-order valence-electron chi connectivity index (χ0n) is 12.3. The van der Waals surface area contributed by atoms with Crippen molar-refractivity contribution in [3.05, 3.63) is 59.2 Å². The molecule has 3 nitrogen and oxygen atoms in total. The summed E-state index contributed by atoms with van der Waals surface area (Å²) in [5, 5.41) is 2.99. The lowest BCUT2D eigenvalue weighted by Crippen LogP contribution is -2.36. The van der Waals surface area contributed by atoms with Crippen LogP contribution in [0.3, 0.4) is 0 Å². The number of para-hydroxylation sites is 1. The van der Waals surface area contributed by atoms with Gasteiger partial charge in [-0.25, -0.2) is 0 Å². The molecule has 0 fully saturated rings. The predicted molar refractivity (Wildman–Crippen MR) is 83.7 cm³/mol. The average molecular weight is 281 g/mol. The molecule has 0 aliphatic carbocycles. The van der Waals surface area contributed by atoms with Crippen LogP contribution in [0.1, 0.15) is 23.1 Å². The van der Waals surface area contributed by atoms with Crippen LogP contribution in [0.2, 0.25) is 0 Å². The van der Waals surface area contributed by atoms with Crippen molar-refractivity contribution in [2.75, 3.05) is 5.32 Å². The SMILES string of the molecule is Cc1ccc(C)c(NC(=O)C2CCc3ccccc3O2)c1. The fourth-order valence-corrected chi connectivity index (χ4v) is 2.59. The molecule has 3 rings (SSSR count). The number of anilines is 1. The highest BCUT2D eigenvalue weighted by atomic mass is 16.5. The van der Waals surface area contributed by atoms with E-state index in [1.165, 1.54) is 5.56 Å². The van der Waals surface area contributed by atoms with Crippen molar-refractivity contribution >= 4 is 11.6 Å². The lowest BCUT2D eigenvalue weighted by Gasteiger charge is -2.25. The molecule has 0 bridgehead atoms. The molecular weight excluding hydrogens is 262 g/mol. The molecule has 1 heterocycles. The van der Waals surface area contributed by atoms with E-state index in [1.54, 1.807) is 0 Å². The number of benzene rings is 2. The minimum Gasteiger partial charge on any atom is -0.480 e. The largest absolute Gasteiger partial charge is 0.480 e. The van der Waals surface area contributed by atoms with Gasteiger partial charge in [0.05, 0.1) is 0 Å². The van der Waals surface area contributed by atoms with Crippen LogP contribution in [0.15, 0.2) is 42.5 Å². The first kappa shape index (κ1) is 13.7. The lowest BCUT2D eigenvalue weighted by atomic mass is 10.0. The first-order chi connectivity index (χ1) is 10.1. The molecule has 0 spiro atoms. The number of carbonyl (C=O) groups excluding carboxylic acids is 1. The van der Waals surface area contributed by atoms with Crippen molar-refractivity contribution in [1.82, 2.24) is 0 Å². The van der Waals surface area contributed by atoms with Gasteiger partial charge in [0.25, 0.3) is 5.91 Å². The second kappa shape index (κ2) is 5.60. The maximum absolute atomic E-state index is 12.4.